The van der Waals surface area contributed by atoms with Crippen molar-refractivity contribution < 1.29 is 4.39 Å². The summed E-state index contributed by atoms with van der Waals surface area (Å²) >= 11 is 5.72. The number of benzene rings is 1. The number of rotatable bonds is 2. The minimum atomic E-state index is -0.405. The van der Waals surface area contributed by atoms with Crippen LogP contribution in [0.4, 0.5) is 4.39 Å². The number of hydrogen-bond donors (Lipinski definition) is 2. The molecule has 0 unspecified atom stereocenters. The molecule has 0 saturated heterocycles. The van der Waals surface area contributed by atoms with Gasteiger partial charge in [-0.2, -0.15) is 0 Å². The average Bonchev–Trinajstić information content (AvgIpc) is 2.27. The molecule has 0 aliphatic rings. The van der Waals surface area contributed by atoms with Crippen LogP contribution in [0.25, 0.3) is 0 Å². The molecule has 0 fully saturated rings. The molecule has 2 N–H and O–H groups in total. The predicted octanol–water partition coefficient (Wildman–Crippen LogP) is 2.94. The molecule has 0 atom stereocenters. The van der Waals surface area contributed by atoms with E-state index in [1.165, 1.54) is 6.07 Å². The zero-order valence-corrected chi connectivity index (χ0v) is 11.9. The van der Waals surface area contributed by atoms with Crippen molar-refractivity contribution in [1.29, 1.82) is 0 Å². The summed E-state index contributed by atoms with van der Waals surface area (Å²) in [5.74, 6) is 0.292. The van der Waals surface area contributed by atoms with Crippen molar-refractivity contribution in [2.75, 3.05) is 7.05 Å². The van der Waals surface area contributed by atoms with Gasteiger partial charge in [0.1, 0.15) is 5.82 Å². The van der Waals surface area contributed by atoms with Crippen molar-refractivity contribution in [2.45, 2.75) is 32.9 Å². The lowest BCUT2D eigenvalue weighted by Gasteiger charge is -2.23. The Balaban J connectivity index is 2.61. The topological polar surface area (TPSA) is 36.4 Å². The van der Waals surface area contributed by atoms with Crippen LogP contribution in [0.3, 0.4) is 0 Å². The highest BCUT2D eigenvalue weighted by Gasteiger charge is 2.11. The number of nitrogens with zero attached hydrogens (tertiary/aromatic N) is 1. The lowest BCUT2D eigenvalue weighted by Crippen LogP contribution is -2.47. The molecular weight excluding hydrogens is 253 g/mol. The standard InChI is InChI=1S/C13H19ClFN3/c1-13(2,3)18-12(16-4)17-8-9-5-6-11(15)10(14)7-9/h5-7H,8H2,1-4H3,(H2,16,17,18). The SMILES string of the molecule is CN=C(NCc1ccc(F)c(Cl)c1)NC(C)(C)C. The molecule has 0 heterocycles. The van der Waals surface area contributed by atoms with Gasteiger partial charge in [-0.15, -0.1) is 0 Å². The van der Waals surface area contributed by atoms with Gasteiger partial charge in [0.05, 0.1) is 5.02 Å². The largest absolute Gasteiger partial charge is 0.352 e. The van der Waals surface area contributed by atoms with Crippen LogP contribution < -0.4 is 10.6 Å². The maximum absolute atomic E-state index is 13.0. The number of aliphatic imine (C=N–C) groups is 1. The summed E-state index contributed by atoms with van der Waals surface area (Å²) < 4.78 is 13.0. The molecule has 0 aromatic heterocycles. The second-order valence-electron chi connectivity index (χ2n) is 5.05. The molecule has 1 rings (SSSR count). The van der Waals surface area contributed by atoms with E-state index < -0.39 is 5.82 Å². The third-order valence-corrected chi connectivity index (χ3v) is 2.45. The first kappa shape index (κ1) is 14.8. The van der Waals surface area contributed by atoms with Gasteiger partial charge in [-0.25, -0.2) is 4.39 Å². The highest BCUT2D eigenvalue weighted by Crippen LogP contribution is 2.15. The van der Waals surface area contributed by atoms with Crippen LogP contribution in [0.5, 0.6) is 0 Å². The lowest BCUT2D eigenvalue weighted by molar-refractivity contribution is 0.501. The Morgan fingerprint density at radius 1 is 1.39 bits per heavy atom. The molecule has 0 amide bonds. The van der Waals surface area contributed by atoms with E-state index in [-0.39, 0.29) is 10.6 Å². The Labute approximate surface area is 112 Å². The summed E-state index contributed by atoms with van der Waals surface area (Å²) in [6.45, 7) is 6.69. The molecule has 18 heavy (non-hydrogen) atoms. The average molecular weight is 272 g/mol. The fraction of sp³-hybridized carbons (Fsp3) is 0.462. The van der Waals surface area contributed by atoms with Gasteiger partial charge in [0.25, 0.3) is 0 Å². The Bertz CT molecular complexity index is 438. The normalized spacial score (nSPS) is 12.4. The van der Waals surface area contributed by atoms with Crippen LogP contribution in [-0.2, 0) is 6.54 Å². The van der Waals surface area contributed by atoms with Crippen LogP contribution >= 0.6 is 11.6 Å². The zero-order chi connectivity index (χ0) is 13.8. The van der Waals surface area contributed by atoms with Gasteiger partial charge in [0.15, 0.2) is 5.96 Å². The van der Waals surface area contributed by atoms with Crippen molar-refractivity contribution in [3.63, 3.8) is 0 Å². The van der Waals surface area contributed by atoms with Crippen LogP contribution in [0.15, 0.2) is 23.2 Å². The van der Waals surface area contributed by atoms with Gasteiger partial charge >= 0.3 is 0 Å². The fourth-order valence-electron chi connectivity index (χ4n) is 1.37. The van der Waals surface area contributed by atoms with Gasteiger partial charge in [-0.3, -0.25) is 4.99 Å². The highest BCUT2D eigenvalue weighted by atomic mass is 35.5. The Kier molecular flexibility index (Phi) is 4.96. The van der Waals surface area contributed by atoms with Crippen LogP contribution in [0.1, 0.15) is 26.3 Å². The summed E-state index contributed by atoms with van der Waals surface area (Å²) in [4.78, 5) is 4.12. The second kappa shape index (κ2) is 6.05. The maximum atomic E-state index is 13.0. The van der Waals surface area contributed by atoms with E-state index in [1.807, 2.05) is 0 Å². The molecule has 0 aliphatic carbocycles. The summed E-state index contributed by atoms with van der Waals surface area (Å²) in [5, 5.41) is 6.51. The molecule has 0 aliphatic heterocycles. The van der Waals surface area contributed by atoms with Crippen molar-refractivity contribution in [1.82, 2.24) is 10.6 Å². The van der Waals surface area contributed by atoms with Crippen LogP contribution in [0.2, 0.25) is 5.02 Å². The van der Waals surface area contributed by atoms with Crippen molar-refractivity contribution >= 4 is 17.6 Å². The molecule has 3 nitrogen and oxygen atoms in total. The van der Waals surface area contributed by atoms with Gasteiger partial charge in [-0.05, 0) is 38.5 Å². The molecule has 100 valence electrons. The van der Waals surface area contributed by atoms with Gasteiger partial charge < -0.3 is 10.6 Å². The molecule has 1 aromatic rings. The number of halogens is 2. The molecule has 0 spiro atoms. The number of hydrogen-bond acceptors (Lipinski definition) is 1. The Hall–Kier alpha value is -1.29. The monoisotopic (exact) mass is 271 g/mol. The summed E-state index contributed by atoms with van der Waals surface area (Å²) in [7, 11) is 1.71. The van der Waals surface area contributed by atoms with E-state index in [9.17, 15) is 4.39 Å². The van der Waals surface area contributed by atoms with Crippen LogP contribution in [-0.4, -0.2) is 18.5 Å². The number of guanidine groups is 1. The third-order valence-electron chi connectivity index (χ3n) is 2.16. The smallest absolute Gasteiger partial charge is 0.191 e. The van der Waals surface area contributed by atoms with E-state index in [0.29, 0.717) is 12.5 Å². The lowest BCUT2D eigenvalue weighted by atomic mass is 10.1. The fourth-order valence-corrected chi connectivity index (χ4v) is 1.57. The summed E-state index contributed by atoms with van der Waals surface area (Å²) in [5.41, 5.74) is 0.834. The molecule has 5 heteroatoms. The van der Waals surface area contributed by atoms with Crippen molar-refractivity contribution in [2.24, 2.45) is 4.99 Å². The molecule has 1 aromatic carbocycles. The van der Waals surface area contributed by atoms with Crippen molar-refractivity contribution in [3.05, 3.63) is 34.6 Å². The van der Waals surface area contributed by atoms with E-state index in [0.717, 1.165) is 5.56 Å². The van der Waals surface area contributed by atoms with E-state index in [1.54, 1.807) is 19.2 Å². The zero-order valence-electron chi connectivity index (χ0n) is 11.1. The highest BCUT2D eigenvalue weighted by molar-refractivity contribution is 6.30. The minimum Gasteiger partial charge on any atom is -0.352 e. The molecular formula is C13H19ClFN3. The summed E-state index contributed by atoms with van der Waals surface area (Å²) in [6, 6.07) is 4.66. The molecule has 0 saturated carbocycles. The van der Waals surface area contributed by atoms with Gasteiger partial charge in [0, 0.05) is 19.1 Å². The third kappa shape index (κ3) is 4.92. The maximum Gasteiger partial charge on any atom is 0.191 e. The Morgan fingerprint density at radius 2 is 2.06 bits per heavy atom. The quantitative estimate of drug-likeness (QED) is 0.641. The van der Waals surface area contributed by atoms with E-state index in [2.05, 4.69) is 36.4 Å². The number of nitrogens with one attached hydrogen (secondary N) is 2. The van der Waals surface area contributed by atoms with Crippen molar-refractivity contribution in [3.8, 4) is 0 Å². The minimum absolute atomic E-state index is 0.0672. The summed E-state index contributed by atoms with van der Waals surface area (Å²) in [6.07, 6.45) is 0. The first-order valence-corrected chi connectivity index (χ1v) is 6.12. The van der Waals surface area contributed by atoms with E-state index >= 15 is 0 Å². The first-order chi connectivity index (χ1) is 8.31. The van der Waals surface area contributed by atoms with Crippen LogP contribution in [0, 0.1) is 5.82 Å². The molecule has 0 radical (unpaired) electrons. The first-order valence-electron chi connectivity index (χ1n) is 5.74. The van der Waals surface area contributed by atoms with E-state index in [4.69, 9.17) is 11.6 Å². The van der Waals surface area contributed by atoms with Gasteiger partial charge in [0.2, 0.25) is 0 Å². The predicted molar refractivity (Wildman–Crippen MR) is 74.5 cm³/mol. The molecule has 0 bridgehead atoms. The Morgan fingerprint density at radius 3 is 2.56 bits per heavy atom. The van der Waals surface area contributed by atoms with Gasteiger partial charge in [-0.1, -0.05) is 17.7 Å². The second-order valence-corrected chi connectivity index (χ2v) is 5.46.